The summed E-state index contributed by atoms with van der Waals surface area (Å²) in [6, 6.07) is 0. The van der Waals surface area contributed by atoms with Gasteiger partial charge in [-0.25, -0.2) is 9.97 Å². The minimum atomic E-state index is -0.733. The molecule has 0 aromatic carbocycles. The van der Waals surface area contributed by atoms with Crippen molar-refractivity contribution in [3.63, 3.8) is 0 Å². The summed E-state index contributed by atoms with van der Waals surface area (Å²) in [5, 5.41) is 0. The van der Waals surface area contributed by atoms with E-state index in [4.69, 9.17) is 9.72 Å². The Morgan fingerprint density at radius 1 is 1.26 bits per heavy atom. The summed E-state index contributed by atoms with van der Waals surface area (Å²) in [7, 11) is 2.15. The number of hydrogen-bond donors (Lipinski definition) is 0. The van der Waals surface area contributed by atoms with Crippen molar-refractivity contribution in [3.05, 3.63) is 23.3 Å². The van der Waals surface area contributed by atoms with Gasteiger partial charge in [-0.05, 0) is 46.8 Å². The summed E-state index contributed by atoms with van der Waals surface area (Å²) >= 11 is 0. The number of cyclic esters (lactones) is 1. The molecule has 1 amide bonds. The molecule has 3 aliphatic rings. The standard InChI is InChI=1S/C20H28N4O3/c1-20(2)15(10-17(25)27-20)19(26)24-9-6-16-14(12-24)11-21-18(22-16)13-4-7-23(3)8-5-13/h11,13,15H,4-10,12H2,1-3H3/t15-/m0/s1. The monoisotopic (exact) mass is 372 g/mol. The second-order valence-electron chi connectivity index (χ2n) is 8.62. The van der Waals surface area contributed by atoms with Crippen molar-refractivity contribution in [3.8, 4) is 0 Å². The van der Waals surface area contributed by atoms with Crippen LogP contribution in [0.5, 0.6) is 0 Å². The van der Waals surface area contributed by atoms with Crippen molar-refractivity contribution in [1.82, 2.24) is 19.8 Å². The van der Waals surface area contributed by atoms with Gasteiger partial charge >= 0.3 is 5.97 Å². The highest BCUT2D eigenvalue weighted by Crippen LogP contribution is 2.35. The van der Waals surface area contributed by atoms with Crippen molar-refractivity contribution in [2.45, 2.75) is 57.6 Å². The zero-order valence-electron chi connectivity index (χ0n) is 16.4. The number of piperidine rings is 1. The lowest BCUT2D eigenvalue weighted by Gasteiger charge is -2.33. The number of rotatable bonds is 2. The Balaban J connectivity index is 1.46. The predicted molar refractivity (Wildman–Crippen MR) is 98.9 cm³/mol. The van der Waals surface area contributed by atoms with Crippen LogP contribution in [0.1, 0.15) is 56.1 Å². The third-order valence-corrected chi connectivity index (χ3v) is 6.23. The molecule has 0 saturated carbocycles. The predicted octanol–water partition coefficient (Wildman–Crippen LogP) is 1.51. The van der Waals surface area contributed by atoms with Crippen molar-refractivity contribution < 1.29 is 14.3 Å². The molecule has 0 N–H and O–H groups in total. The fraction of sp³-hybridized carbons (Fsp3) is 0.700. The molecule has 0 aliphatic carbocycles. The molecule has 0 unspecified atom stereocenters. The van der Waals surface area contributed by atoms with Crippen molar-refractivity contribution in [2.75, 3.05) is 26.7 Å². The molecule has 2 saturated heterocycles. The van der Waals surface area contributed by atoms with Gasteiger partial charge in [-0.15, -0.1) is 0 Å². The first-order valence-electron chi connectivity index (χ1n) is 9.87. The minimum absolute atomic E-state index is 0.00380. The summed E-state index contributed by atoms with van der Waals surface area (Å²) in [6.07, 6.45) is 5.01. The van der Waals surface area contributed by atoms with E-state index in [1.165, 1.54) is 0 Å². The van der Waals surface area contributed by atoms with E-state index < -0.39 is 11.5 Å². The average molecular weight is 372 g/mol. The average Bonchev–Trinajstić information content (AvgIpc) is 2.93. The molecular weight excluding hydrogens is 344 g/mol. The number of nitrogens with zero attached hydrogens (tertiary/aromatic N) is 4. The summed E-state index contributed by atoms with van der Waals surface area (Å²) in [5.41, 5.74) is 1.36. The summed E-state index contributed by atoms with van der Waals surface area (Å²) < 4.78 is 5.32. The van der Waals surface area contributed by atoms with E-state index in [2.05, 4.69) is 16.9 Å². The van der Waals surface area contributed by atoms with E-state index in [-0.39, 0.29) is 18.3 Å². The second-order valence-corrected chi connectivity index (χ2v) is 8.62. The third kappa shape index (κ3) is 3.57. The van der Waals surface area contributed by atoms with E-state index in [0.717, 1.165) is 49.4 Å². The normalized spacial score (nSPS) is 26.0. The van der Waals surface area contributed by atoms with Gasteiger partial charge < -0.3 is 14.5 Å². The van der Waals surface area contributed by atoms with Gasteiger partial charge in [0.15, 0.2) is 0 Å². The molecule has 0 radical (unpaired) electrons. The number of ether oxygens (including phenoxy) is 1. The molecule has 4 heterocycles. The van der Waals surface area contributed by atoms with E-state index in [1.807, 2.05) is 24.9 Å². The number of fused-ring (bicyclic) bond motifs is 1. The molecule has 7 heteroatoms. The van der Waals surface area contributed by atoms with Gasteiger partial charge in [0, 0.05) is 37.2 Å². The molecule has 1 aromatic rings. The number of carbonyl (C=O) groups is 2. The van der Waals surface area contributed by atoms with Crippen LogP contribution in [0.25, 0.3) is 0 Å². The Morgan fingerprint density at radius 2 is 2.00 bits per heavy atom. The molecular formula is C20H28N4O3. The van der Waals surface area contributed by atoms with Crippen LogP contribution in [0.15, 0.2) is 6.20 Å². The van der Waals surface area contributed by atoms with Gasteiger partial charge in [0.2, 0.25) is 5.91 Å². The van der Waals surface area contributed by atoms with Gasteiger partial charge in [-0.1, -0.05) is 0 Å². The topological polar surface area (TPSA) is 75.6 Å². The Hall–Kier alpha value is -2.02. The molecule has 1 aromatic heterocycles. The molecule has 4 rings (SSSR count). The number of amides is 1. The maximum absolute atomic E-state index is 13.0. The van der Waals surface area contributed by atoms with Crippen LogP contribution in [0.4, 0.5) is 0 Å². The fourth-order valence-corrected chi connectivity index (χ4v) is 4.41. The highest BCUT2D eigenvalue weighted by molar-refractivity contribution is 5.87. The van der Waals surface area contributed by atoms with Crippen LogP contribution in [-0.4, -0.2) is 63.9 Å². The molecule has 3 aliphatic heterocycles. The molecule has 27 heavy (non-hydrogen) atoms. The molecule has 0 bridgehead atoms. The van der Waals surface area contributed by atoms with Crippen LogP contribution < -0.4 is 0 Å². The van der Waals surface area contributed by atoms with Crippen LogP contribution in [0, 0.1) is 5.92 Å². The maximum Gasteiger partial charge on any atom is 0.307 e. The van der Waals surface area contributed by atoms with Gasteiger partial charge in [0.25, 0.3) is 0 Å². The molecule has 2 fully saturated rings. The summed E-state index contributed by atoms with van der Waals surface area (Å²) in [5.74, 6) is 0.690. The zero-order chi connectivity index (χ0) is 19.2. The summed E-state index contributed by atoms with van der Waals surface area (Å²) in [6.45, 7) is 6.96. The highest BCUT2D eigenvalue weighted by Gasteiger charge is 2.47. The number of carbonyl (C=O) groups excluding carboxylic acids is 2. The Labute approximate surface area is 160 Å². The van der Waals surface area contributed by atoms with E-state index in [9.17, 15) is 9.59 Å². The SMILES string of the molecule is CN1CCC(c2ncc3c(n2)CCN(C(=O)[C@@H]2CC(=O)OC2(C)C)C3)CC1. The van der Waals surface area contributed by atoms with Crippen molar-refractivity contribution in [2.24, 2.45) is 5.92 Å². The number of hydrogen-bond acceptors (Lipinski definition) is 6. The first-order chi connectivity index (χ1) is 12.8. The fourth-order valence-electron chi connectivity index (χ4n) is 4.41. The Bertz CT molecular complexity index is 756. The first-order valence-corrected chi connectivity index (χ1v) is 9.87. The second kappa shape index (κ2) is 6.86. The van der Waals surface area contributed by atoms with E-state index >= 15 is 0 Å². The van der Waals surface area contributed by atoms with E-state index in [0.29, 0.717) is 19.0 Å². The number of esters is 1. The smallest absolute Gasteiger partial charge is 0.307 e. The van der Waals surface area contributed by atoms with Crippen molar-refractivity contribution >= 4 is 11.9 Å². The van der Waals surface area contributed by atoms with E-state index in [1.54, 1.807) is 0 Å². The number of aromatic nitrogens is 2. The lowest BCUT2D eigenvalue weighted by Crippen LogP contribution is -2.45. The van der Waals surface area contributed by atoms with Crippen LogP contribution in [0.3, 0.4) is 0 Å². The Morgan fingerprint density at radius 3 is 2.67 bits per heavy atom. The molecule has 1 atom stereocenters. The zero-order valence-corrected chi connectivity index (χ0v) is 16.4. The third-order valence-electron chi connectivity index (χ3n) is 6.23. The Kier molecular flexibility index (Phi) is 4.66. The van der Waals surface area contributed by atoms with Crippen LogP contribution in [0.2, 0.25) is 0 Å². The van der Waals surface area contributed by atoms with Crippen LogP contribution in [-0.2, 0) is 27.3 Å². The lowest BCUT2D eigenvalue weighted by molar-refractivity contribution is -0.149. The number of likely N-dealkylation sites (tertiary alicyclic amines) is 1. The minimum Gasteiger partial charge on any atom is -0.459 e. The first kappa shape index (κ1) is 18.3. The largest absolute Gasteiger partial charge is 0.459 e. The quantitative estimate of drug-likeness (QED) is 0.733. The van der Waals surface area contributed by atoms with Crippen molar-refractivity contribution in [1.29, 1.82) is 0 Å². The van der Waals surface area contributed by atoms with Gasteiger partial charge in [0.1, 0.15) is 11.4 Å². The van der Waals surface area contributed by atoms with Gasteiger partial charge in [0.05, 0.1) is 18.0 Å². The van der Waals surface area contributed by atoms with Gasteiger partial charge in [-0.2, -0.15) is 0 Å². The molecule has 0 spiro atoms. The molecule has 7 nitrogen and oxygen atoms in total. The highest BCUT2D eigenvalue weighted by atomic mass is 16.6. The maximum atomic E-state index is 13.0. The van der Waals surface area contributed by atoms with Gasteiger partial charge in [-0.3, -0.25) is 9.59 Å². The summed E-state index contributed by atoms with van der Waals surface area (Å²) in [4.78, 5) is 38.3. The lowest BCUT2D eigenvalue weighted by atomic mass is 9.88. The molecule has 146 valence electrons. The van der Waals surface area contributed by atoms with Crippen LogP contribution >= 0.6 is 0 Å².